The highest BCUT2D eigenvalue weighted by molar-refractivity contribution is 7.08. The van der Waals surface area contributed by atoms with Gasteiger partial charge in [0, 0.05) is 17.3 Å². The van der Waals surface area contributed by atoms with E-state index in [0.717, 1.165) is 12.8 Å². The molecule has 2 rings (SSSR count). The first kappa shape index (κ1) is 12.1. The van der Waals surface area contributed by atoms with Crippen molar-refractivity contribution >= 4 is 28.8 Å². The van der Waals surface area contributed by atoms with Gasteiger partial charge in [-0.25, -0.2) is 0 Å². The second-order valence-corrected chi connectivity index (χ2v) is 5.09. The maximum Gasteiger partial charge on any atom is 0.313 e. The van der Waals surface area contributed by atoms with E-state index in [1.165, 1.54) is 11.3 Å². The van der Waals surface area contributed by atoms with Crippen LogP contribution < -0.4 is 10.6 Å². The van der Waals surface area contributed by atoms with Gasteiger partial charge < -0.3 is 15.7 Å². The number of carbonyl (C=O) groups is 2. The molecule has 0 atom stereocenters. The van der Waals surface area contributed by atoms with Crippen molar-refractivity contribution in [2.45, 2.75) is 12.8 Å². The highest BCUT2D eigenvalue weighted by atomic mass is 32.1. The Morgan fingerprint density at radius 1 is 1.41 bits per heavy atom. The van der Waals surface area contributed by atoms with Gasteiger partial charge in [-0.2, -0.15) is 11.3 Å². The standard InChI is InChI=1S/C11H14N2O3S/c14-7-11(2-3-11)6-12-9(15)10(16)13-8-1-4-17-5-8/h1,4-5,14H,2-3,6-7H2,(H,12,15)(H,13,16). The molecule has 1 heterocycles. The number of anilines is 1. The average Bonchev–Trinajstić information content (AvgIpc) is 2.95. The maximum atomic E-state index is 11.5. The molecule has 17 heavy (non-hydrogen) atoms. The third-order valence-electron chi connectivity index (χ3n) is 2.90. The monoisotopic (exact) mass is 254 g/mol. The van der Waals surface area contributed by atoms with Gasteiger partial charge in [0.25, 0.3) is 0 Å². The minimum Gasteiger partial charge on any atom is -0.396 e. The fourth-order valence-electron chi connectivity index (χ4n) is 1.44. The lowest BCUT2D eigenvalue weighted by Gasteiger charge is -2.12. The van der Waals surface area contributed by atoms with Crippen molar-refractivity contribution in [3.8, 4) is 0 Å². The predicted octanol–water partition coefficient (Wildman–Crippen LogP) is 0.575. The van der Waals surface area contributed by atoms with E-state index >= 15 is 0 Å². The zero-order chi connectivity index (χ0) is 12.3. The van der Waals surface area contributed by atoms with Crippen molar-refractivity contribution in [1.29, 1.82) is 0 Å². The van der Waals surface area contributed by atoms with E-state index in [9.17, 15) is 9.59 Å². The molecule has 92 valence electrons. The largest absolute Gasteiger partial charge is 0.396 e. The van der Waals surface area contributed by atoms with Crippen molar-refractivity contribution < 1.29 is 14.7 Å². The lowest BCUT2D eigenvalue weighted by atomic mass is 10.1. The van der Waals surface area contributed by atoms with E-state index in [2.05, 4.69) is 10.6 Å². The number of carbonyl (C=O) groups excluding carboxylic acids is 2. The molecular weight excluding hydrogens is 240 g/mol. The molecule has 0 aromatic carbocycles. The smallest absolute Gasteiger partial charge is 0.313 e. The van der Waals surface area contributed by atoms with Crippen molar-refractivity contribution in [3.05, 3.63) is 16.8 Å². The van der Waals surface area contributed by atoms with E-state index in [-0.39, 0.29) is 12.0 Å². The fraction of sp³-hybridized carbons (Fsp3) is 0.455. The van der Waals surface area contributed by atoms with Gasteiger partial charge >= 0.3 is 11.8 Å². The van der Waals surface area contributed by atoms with Crippen LogP contribution in [0.3, 0.4) is 0 Å². The first-order valence-electron chi connectivity index (χ1n) is 5.37. The van der Waals surface area contributed by atoms with E-state index in [1.54, 1.807) is 11.4 Å². The van der Waals surface area contributed by atoms with E-state index in [4.69, 9.17) is 5.11 Å². The van der Waals surface area contributed by atoms with Crippen LogP contribution >= 0.6 is 11.3 Å². The van der Waals surface area contributed by atoms with Gasteiger partial charge in [0.05, 0.1) is 12.3 Å². The number of rotatable bonds is 4. The Hall–Kier alpha value is -1.40. The second-order valence-electron chi connectivity index (χ2n) is 4.31. The van der Waals surface area contributed by atoms with Gasteiger partial charge in [-0.05, 0) is 24.3 Å². The molecule has 0 radical (unpaired) electrons. The third kappa shape index (κ3) is 3.04. The Kier molecular flexibility index (Phi) is 3.44. The maximum absolute atomic E-state index is 11.5. The number of hydrogen-bond donors (Lipinski definition) is 3. The zero-order valence-electron chi connectivity index (χ0n) is 9.23. The van der Waals surface area contributed by atoms with Gasteiger partial charge in [0.15, 0.2) is 0 Å². The van der Waals surface area contributed by atoms with Crippen molar-refractivity contribution in [3.63, 3.8) is 0 Å². The normalized spacial score (nSPS) is 16.3. The predicted molar refractivity (Wildman–Crippen MR) is 64.7 cm³/mol. The van der Waals surface area contributed by atoms with Crippen molar-refractivity contribution in [2.75, 3.05) is 18.5 Å². The molecular formula is C11H14N2O3S. The summed E-state index contributed by atoms with van der Waals surface area (Å²) in [6, 6.07) is 1.73. The number of nitrogens with one attached hydrogen (secondary N) is 2. The van der Waals surface area contributed by atoms with Crippen LogP contribution in [0.25, 0.3) is 0 Å². The van der Waals surface area contributed by atoms with Crippen LogP contribution in [0.1, 0.15) is 12.8 Å². The SMILES string of the molecule is O=C(NCC1(CO)CC1)C(=O)Nc1ccsc1. The molecule has 5 nitrogen and oxygen atoms in total. The van der Waals surface area contributed by atoms with Crippen LogP contribution in [-0.4, -0.2) is 30.1 Å². The summed E-state index contributed by atoms with van der Waals surface area (Å²) in [7, 11) is 0. The molecule has 1 aliphatic rings. The highest BCUT2D eigenvalue weighted by Gasteiger charge is 2.42. The first-order chi connectivity index (χ1) is 8.15. The number of amides is 2. The molecule has 0 saturated heterocycles. The molecule has 1 aliphatic carbocycles. The van der Waals surface area contributed by atoms with Crippen LogP contribution in [0.4, 0.5) is 5.69 Å². The summed E-state index contributed by atoms with van der Waals surface area (Å²) < 4.78 is 0. The Morgan fingerprint density at radius 3 is 2.71 bits per heavy atom. The minimum atomic E-state index is -0.669. The Labute approximate surface area is 103 Å². The Morgan fingerprint density at radius 2 is 2.18 bits per heavy atom. The molecule has 3 N–H and O–H groups in total. The zero-order valence-corrected chi connectivity index (χ0v) is 10.0. The summed E-state index contributed by atoms with van der Waals surface area (Å²) in [4.78, 5) is 22.9. The summed E-state index contributed by atoms with van der Waals surface area (Å²) in [5.41, 5.74) is 0.441. The minimum absolute atomic E-state index is 0.0550. The molecule has 0 unspecified atom stereocenters. The molecule has 6 heteroatoms. The summed E-state index contributed by atoms with van der Waals surface area (Å²) >= 11 is 1.45. The van der Waals surface area contributed by atoms with Gasteiger partial charge in [-0.1, -0.05) is 0 Å². The summed E-state index contributed by atoms with van der Waals surface area (Å²) in [5, 5.41) is 17.7. The highest BCUT2D eigenvalue weighted by Crippen LogP contribution is 2.44. The molecule has 1 fully saturated rings. The number of hydrogen-bond acceptors (Lipinski definition) is 4. The lowest BCUT2D eigenvalue weighted by Crippen LogP contribution is -2.39. The van der Waals surface area contributed by atoms with Gasteiger partial charge in [0.1, 0.15) is 0 Å². The first-order valence-corrected chi connectivity index (χ1v) is 6.32. The van der Waals surface area contributed by atoms with Crippen LogP contribution in [0, 0.1) is 5.41 Å². The van der Waals surface area contributed by atoms with Gasteiger partial charge in [-0.3, -0.25) is 9.59 Å². The van der Waals surface area contributed by atoms with Gasteiger partial charge in [0.2, 0.25) is 0 Å². The van der Waals surface area contributed by atoms with Crippen molar-refractivity contribution in [1.82, 2.24) is 5.32 Å². The van der Waals surface area contributed by atoms with Crippen LogP contribution in [0.2, 0.25) is 0 Å². The second kappa shape index (κ2) is 4.85. The van der Waals surface area contributed by atoms with E-state index < -0.39 is 11.8 Å². The molecule has 0 spiro atoms. The van der Waals surface area contributed by atoms with Crippen LogP contribution in [0.15, 0.2) is 16.8 Å². The summed E-state index contributed by atoms with van der Waals surface area (Å²) in [6.07, 6.45) is 1.80. The van der Waals surface area contributed by atoms with Crippen LogP contribution in [0.5, 0.6) is 0 Å². The quantitative estimate of drug-likeness (QED) is 0.688. The topological polar surface area (TPSA) is 78.4 Å². The Balaban J connectivity index is 1.78. The van der Waals surface area contributed by atoms with Crippen molar-refractivity contribution in [2.24, 2.45) is 5.41 Å². The number of aliphatic hydroxyl groups excluding tert-OH is 1. The average molecular weight is 254 g/mol. The van der Waals surface area contributed by atoms with E-state index in [0.29, 0.717) is 12.2 Å². The molecule has 0 aliphatic heterocycles. The molecule has 1 saturated carbocycles. The third-order valence-corrected chi connectivity index (χ3v) is 3.58. The van der Waals surface area contributed by atoms with Gasteiger partial charge in [-0.15, -0.1) is 0 Å². The Bertz CT molecular complexity index is 412. The summed E-state index contributed by atoms with van der Waals surface area (Å²) in [5.74, 6) is -1.33. The lowest BCUT2D eigenvalue weighted by molar-refractivity contribution is -0.136. The molecule has 2 amide bonds. The summed E-state index contributed by atoms with van der Waals surface area (Å²) in [6.45, 7) is 0.415. The van der Waals surface area contributed by atoms with E-state index in [1.807, 2.05) is 5.38 Å². The molecule has 0 bridgehead atoms. The van der Waals surface area contributed by atoms with Crippen LogP contribution in [-0.2, 0) is 9.59 Å². The number of thiophene rings is 1. The molecule has 1 aromatic heterocycles. The number of aliphatic hydroxyl groups is 1. The fourth-order valence-corrected chi connectivity index (χ4v) is 2.03. The molecule has 1 aromatic rings.